The molecule has 2 rings (SSSR count). The first-order valence-electron chi connectivity index (χ1n) is 8.04. The van der Waals surface area contributed by atoms with Crippen LogP contribution in [0.15, 0.2) is 36.5 Å². The third kappa shape index (κ3) is 4.28. The fourth-order valence-electron chi connectivity index (χ4n) is 2.29. The van der Waals surface area contributed by atoms with Gasteiger partial charge in [0.2, 0.25) is 5.95 Å². The van der Waals surface area contributed by atoms with Crippen molar-refractivity contribution in [2.75, 3.05) is 18.4 Å². The van der Waals surface area contributed by atoms with Crippen LogP contribution in [0.2, 0.25) is 0 Å². The molecule has 0 aliphatic rings. The summed E-state index contributed by atoms with van der Waals surface area (Å²) in [5.74, 6) is 0.853. The SMILES string of the molecule is CCN(CC)C(=O)c1ccnc(Nc2ccc(C(C)C)cc2)n1. The molecular formula is C18H24N4O. The van der Waals surface area contributed by atoms with E-state index in [-0.39, 0.29) is 5.91 Å². The molecule has 0 atom stereocenters. The molecule has 0 saturated carbocycles. The molecule has 5 nitrogen and oxygen atoms in total. The standard InChI is InChI=1S/C18H24N4O/c1-5-22(6-2)17(23)16-11-12-19-18(21-16)20-15-9-7-14(8-10-15)13(3)4/h7-13H,5-6H2,1-4H3,(H,19,20,21). The summed E-state index contributed by atoms with van der Waals surface area (Å²) in [7, 11) is 0. The fourth-order valence-corrected chi connectivity index (χ4v) is 2.29. The van der Waals surface area contributed by atoms with Gasteiger partial charge >= 0.3 is 0 Å². The second-order valence-corrected chi connectivity index (χ2v) is 5.64. The fraction of sp³-hybridized carbons (Fsp3) is 0.389. The summed E-state index contributed by atoms with van der Waals surface area (Å²) in [6, 6.07) is 9.80. The highest BCUT2D eigenvalue weighted by atomic mass is 16.2. The van der Waals surface area contributed by atoms with Crippen LogP contribution in [-0.4, -0.2) is 33.9 Å². The van der Waals surface area contributed by atoms with Crippen LogP contribution in [-0.2, 0) is 0 Å². The molecular weight excluding hydrogens is 288 g/mol. The molecule has 0 spiro atoms. The summed E-state index contributed by atoms with van der Waals surface area (Å²) < 4.78 is 0. The van der Waals surface area contributed by atoms with Crippen molar-refractivity contribution < 1.29 is 4.79 Å². The Bertz CT molecular complexity index is 648. The third-order valence-electron chi connectivity index (χ3n) is 3.76. The molecule has 0 radical (unpaired) electrons. The Kier molecular flexibility index (Phi) is 5.68. The Morgan fingerprint density at radius 2 is 1.78 bits per heavy atom. The summed E-state index contributed by atoms with van der Waals surface area (Å²) >= 11 is 0. The van der Waals surface area contributed by atoms with E-state index in [2.05, 4.69) is 41.3 Å². The first-order chi connectivity index (χ1) is 11.0. The average molecular weight is 312 g/mol. The minimum atomic E-state index is -0.0735. The van der Waals surface area contributed by atoms with Crippen LogP contribution in [0.3, 0.4) is 0 Å². The van der Waals surface area contributed by atoms with Crippen LogP contribution < -0.4 is 5.32 Å². The number of amides is 1. The van der Waals surface area contributed by atoms with Crippen LogP contribution in [0.1, 0.15) is 49.7 Å². The number of hydrogen-bond acceptors (Lipinski definition) is 4. The molecule has 1 amide bonds. The molecule has 1 aromatic heterocycles. The van der Waals surface area contributed by atoms with Gasteiger partial charge in [0.1, 0.15) is 5.69 Å². The van der Waals surface area contributed by atoms with E-state index in [1.165, 1.54) is 5.56 Å². The first kappa shape index (κ1) is 16.9. The van der Waals surface area contributed by atoms with Crippen molar-refractivity contribution in [3.8, 4) is 0 Å². The van der Waals surface area contributed by atoms with Gasteiger partial charge in [0.25, 0.3) is 5.91 Å². The molecule has 0 aliphatic carbocycles. The second-order valence-electron chi connectivity index (χ2n) is 5.64. The highest BCUT2D eigenvalue weighted by molar-refractivity contribution is 5.92. The number of anilines is 2. The number of benzene rings is 1. The minimum Gasteiger partial charge on any atom is -0.338 e. The lowest BCUT2D eigenvalue weighted by Gasteiger charge is -2.18. The van der Waals surface area contributed by atoms with Gasteiger partial charge in [-0.05, 0) is 43.5 Å². The van der Waals surface area contributed by atoms with Gasteiger partial charge in [0.05, 0.1) is 0 Å². The smallest absolute Gasteiger partial charge is 0.272 e. The highest BCUT2D eigenvalue weighted by Crippen LogP contribution is 2.19. The molecule has 122 valence electrons. The molecule has 0 fully saturated rings. The molecule has 0 bridgehead atoms. The lowest BCUT2D eigenvalue weighted by molar-refractivity contribution is 0.0767. The van der Waals surface area contributed by atoms with E-state index in [1.54, 1.807) is 17.2 Å². The lowest BCUT2D eigenvalue weighted by Crippen LogP contribution is -2.31. The average Bonchev–Trinajstić information content (AvgIpc) is 2.56. The monoisotopic (exact) mass is 312 g/mol. The largest absolute Gasteiger partial charge is 0.338 e. The van der Waals surface area contributed by atoms with Gasteiger partial charge in [0.15, 0.2) is 0 Å². The molecule has 0 aliphatic heterocycles. The van der Waals surface area contributed by atoms with Gasteiger partial charge in [-0.15, -0.1) is 0 Å². The number of rotatable bonds is 6. The van der Waals surface area contributed by atoms with E-state index in [1.807, 2.05) is 26.0 Å². The number of hydrogen-bond donors (Lipinski definition) is 1. The van der Waals surface area contributed by atoms with Crippen molar-refractivity contribution in [1.82, 2.24) is 14.9 Å². The normalized spacial score (nSPS) is 10.7. The summed E-state index contributed by atoms with van der Waals surface area (Å²) in [5, 5.41) is 3.15. The lowest BCUT2D eigenvalue weighted by atomic mass is 10.0. The van der Waals surface area contributed by atoms with Crippen LogP contribution in [0, 0.1) is 0 Å². The van der Waals surface area contributed by atoms with Crippen molar-refractivity contribution in [1.29, 1.82) is 0 Å². The molecule has 23 heavy (non-hydrogen) atoms. The van der Waals surface area contributed by atoms with E-state index >= 15 is 0 Å². The number of aromatic nitrogens is 2. The maximum absolute atomic E-state index is 12.3. The van der Waals surface area contributed by atoms with E-state index in [0.29, 0.717) is 30.6 Å². The van der Waals surface area contributed by atoms with Crippen molar-refractivity contribution >= 4 is 17.5 Å². The van der Waals surface area contributed by atoms with Crippen LogP contribution >= 0.6 is 0 Å². The number of carbonyl (C=O) groups is 1. The predicted octanol–water partition coefficient (Wildman–Crippen LogP) is 3.83. The van der Waals surface area contributed by atoms with Crippen molar-refractivity contribution in [3.05, 3.63) is 47.8 Å². The van der Waals surface area contributed by atoms with Gasteiger partial charge in [-0.1, -0.05) is 26.0 Å². The summed E-state index contributed by atoms with van der Waals surface area (Å²) in [4.78, 5) is 22.6. The van der Waals surface area contributed by atoms with E-state index in [4.69, 9.17) is 0 Å². The summed E-state index contributed by atoms with van der Waals surface area (Å²) in [6.45, 7) is 9.56. The number of carbonyl (C=O) groups excluding carboxylic acids is 1. The second kappa shape index (κ2) is 7.72. The Hall–Kier alpha value is -2.43. The van der Waals surface area contributed by atoms with E-state index in [9.17, 15) is 4.79 Å². The van der Waals surface area contributed by atoms with E-state index < -0.39 is 0 Å². The molecule has 1 N–H and O–H groups in total. The Morgan fingerprint density at radius 3 is 2.35 bits per heavy atom. The van der Waals surface area contributed by atoms with Crippen molar-refractivity contribution in [2.24, 2.45) is 0 Å². The zero-order valence-electron chi connectivity index (χ0n) is 14.2. The van der Waals surface area contributed by atoms with Crippen molar-refractivity contribution in [2.45, 2.75) is 33.6 Å². The van der Waals surface area contributed by atoms with Crippen LogP contribution in [0.25, 0.3) is 0 Å². The third-order valence-corrected chi connectivity index (χ3v) is 3.76. The van der Waals surface area contributed by atoms with Gasteiger partial charge in [0, 0.05) is 25.0 Å². The molecule has 2 aromatic rings. The predicted molar refractivity (Wildman–Crippen MR) is 93.1 cm³/mol. The quantitative estimate of drug-likeness (QED) is 0.881. The molecule has 1 aromatic carbocycles. The Labute approximate surface area is 137 Å². The maximum atomic E-state index is 12.3. The van der Waals surface area contributed by atoms with Gasteiger partial charge in [-0.3, -0.25) is 4.79 Å². The molecule has 0 unspecified atom stereocenters. The zero-order chi connectivity index (χ0) is 16.8. The van der Waals surface area contributed by atoms with Gasteiger partial charge in [-0.2, -0.15) is 0 Å². The molecule has 5 heteroatoms. The van der Waals surface area contributed by atoms with Gasteiger partial charge in [-0.25, -0.2) is 9.97 Å². The van der Waals surface area contributed by atoms with Crippen molar-refractivity contribution in [3.63, 3.8) is 0 Å². The highest BCUT2D eigenvalue weighted by Gasteiger charge is 2.14. The maximum Gasteiger partial charge on any atom is 0.272 e. The zero-order valence-corrected chi connectivity index (χ0v) is 14.2. The summed E-state index contributed by atoms with van der Waals surface area (Å²) in [6.07, 6.45) is 1.61. The number of nitrogens with zero attached hydrogens (tertiary/aromatic N) is 3. The molecule has 1 heterocycles. The van der Waals surface area contributed by atoms with Crippen LogP contribution in [0.5, 0.6) is 0 Å². The van der Waals surface area contributed by atoms with E-state index in [0.717, 1.165) is 5.69 Å². The molecule has 0 saturated heterocycles. The Balaban J connectivity index is 2.15. The topological polar surface area (TPSA) is 58.1 Å². The number of nitrogens with one attached hydrogen (secondary N) is 1. The van der Waals surface area contributed by atoms with Gasteiger partial charge < -0.3 is 10.2 Å². The van der Waals surface area contributed by atoms with Crippen LogP contribution in [0.4, 0.5) is 11.6 Å². The minimum absolute atomic E-state index is 0.0735. The summed E-state index contributed by atoms with van der Waals surface area (Å²) in [5.41, 5.74) is 2.59. The Morgan fingerprint density at radius 1 is 1.13 bits per heavy atom. The first-order valence-corrected chi connectivity index (χ1v) is 8.04.